The predicted octanol–water partition coefficient (Wildman–Crippen LogP) is 7.27. The van der Waals surface area contributed by atoms with Crippen LogP contribution in [0.1, 0.15) is 61.0 Å². The van der Waals surface area contributed by atoms with Gasteiger partial charge in [-0.3, -0.25) is 0 Å². The second-order valence-corrected chi connectivity index (χ2v) is 22.0. The molecule has 6 heteroatoms. The van der Waals surface area contributed by atoms with Gasteiger partial charge in [-0.15, -0.1) is 0 Å². The third-order valence-corrected chi connectivity index (χ3v) is 16.1. The average Bonchev–Trinajstić information content (AvgIpc) is 2.66. The molecule has 0 fully saturated rings. The molecule has 0 radical (unpaired) electrons. The highest BCUT2D eigenvalue weighted by molar-refractivity contribution is 6.74. The number of aliphatic hydroxyl groups excluding tert-OH is 1. The Labute approximate surface area is 206 Å². The number of hydrogen-bond donors (Lipinski definition) is 1. The monoisotopic (exact) mass is 494 g/mol. The van der Waals surface area contributed by atoms with Crippen molar-refractivity contribution in [2.75, 3.05) is 6.61 Å². The fourth-order valence-electron chi connectivity index (χ4n) is 2.80. The van der Waals surface area contributed by atoms with Crippen molar-refractivity contribution >= 4 is 22.7 Å². The van der Waals surface area contributed by atoms with Crippen LogP contribution in [-0.2, 0) is 13.6 Å². The van der Waals surface area contributed by atoms with Crippen LogP contribution in [0.15, 0.2) is 36.4 Å². The minimum absolute atomic E-state index is 0.0254. The molecule has 190 valence electrons. The van der Waals surface area contributed by atoms with Crippen molar-refractivity contribution < 1.29 is 18.7 Å². The zero-order valence-electron chi connectivity index (χ0n) is 23.2. The van der Waals surface area contributed by atoms with Gasteiger partial charge in [-0.2, -0.15) is 0 Å². The van der Waals surface area contributed by atoms with Crippen LogP contribution in [0.3, 0.4) is 0 Å². The van der Waals surface area contributed by atoms with Gasteiger partial charge in [0, 0.05) is 0 Å². The molecule has 0 aliphatic heterocycles. The first kappa shape index (κ1) is 30.3. The van der Waals surface area contributed by atoms with Gasteiger partial charge < -0.3 is 18.7 Å². The van der Waals surface area contributed by atoms with Gasteiger partial charge in [-0.05, 0) is 55.7 Å². The van der Waals surface area contributed by atoms with Crippen molar-refractivity contribution in [1.29, 1.82) is 0 Å². The SMILES string of the molecule is CC(C)O[C@@H](CO[Si](C)(C)C(C)(C)C)[C@@H](O)C(/C=C/c1ccccc1)O[Si](C)(C)C(C)(C)C. The summed E-state index contributed by atoms with van der Waals surface area (Å²) in [5, 5.41) is 11.7. The van der Waals surface area contributed by atoms with E-state index < -0.39 is 34.9 Å². The molecule has 3 atom stereocenters. The van der Waals surface area contributed by atoms with E-state index in [4.69, 9.17) is 13.6 Å². The highest BCUT2D eigenvalue weighted by Crippen LogP contribution is 2.39. The Hall–Kier alpha value is -0.766. The molecule has 0 saturated carbocycles. The zero-order chi connectivity index (χ0) is 25.7. The van der Waals surface area contributed by atoms with Crippen LogP contribution in [0.5, 0.6) is 0 Å². The van der Waals surface area contributed by atoms with Crippen LogP contribution in [-0.4, -0.2) is 52.8 Å². The van der Waals surface area contributed by atoms with Crippen LogP contribution in [0, 0.1) is 0 Å². The van der Waals surface area contributed by atoms with E-state index in [2.05, 4.69) is 79.9 Å². The highest BCUT2D eigenvalue weighted by Gasteiger charge is 2.43. The maximum atomic E-state index is 11.6. The van der Waals surface area contributed by atoms with Gasteiger partial charge in [0.1, 0.15) is 12.2 Å². The van der Waals surface area contributed by atoms with E-state index in [1.54, 1.807) is 0 Å². The summed E-state index contributed by atoms with van der Waals surface area (Å²) in [6, 6.07) is 10.1. The third-order valence-electron chi connectivity index (χ3n) is 7.09. The Balaban J connectivity index is 3.24. The Kier molecular flexibility index (Phi) is 10.8. The molecular formula is C27H50O4Si2. The molecule has 1 aromatic rings. The van der Waals surface area contributed by atoms with Crippen molar-refractivity contribution in [2.24, 2.45) is 0 Å². The predicted molar refractivity (Wildman–Crippen MR) is 147 cm³/mol. The summed E-state index contributed by atoms with van der Waals surface area (Å²) in [5.74, 6) is 0. The van der Waals surface area contributed by atoms with Gasteiger partial charge in [-0.25, -0.2) is 0 Å². The minimum atomic E-state index is -2.14. The van der Waals surface area contributed by atoms with E-state index in [0.717, 1.165) is 5.56 Å². The number of ether oxygens (including phenoxy) is 1. The van der Waals surface area contributed by atoms with Crippen LogP contribution in [0.2, 0.25) is 36.3 Å². The van der Waals surface area contributed by atoms with E-state index in [1.807, 2.05) is 44.2 Å². The number of benzene rings is 1. The lowest BCUT2D eigenvalue weighted by Gasteiger charge is -2.42. The van der Waals surface area contributed by atoms with Gasteiger partial charge in [0.2, 0.25) is 0 Å². The smallest absolute Gasteiger partial charge is 0.193 e. The van der Waals surface area contributed by atoms with E-state index in [9.17, 15) is 5.11 Å². The first-order valence-electron chi connectivity index (χ1n) is 12.3. The summed E-state index contributed by atoms with van der Waals surface area (Å²) in [7, 11) is -4.13. The molecule has 0 aromatic heterocycles. The molecule has 1 rings (SSSR count). The topological polar surface area (TPSA) is 47.9 Å². The quantitative estimate of drug-likeness (QED) is 0.329. The molecule has 4 nitrogen and oxygen atoms in total. The molecule has 0 amide bonds. The Morgan fingerprint density at radius 1 is 0.879 bits per heavy atom. The molecule has 1 N–H and O–H groups in total. The summed E-state index contributed by atoms with van der Waals surface area (Å²) in [6.45, 7) is 26.5. The summed E-state index contributed by atoms with van der Waals surface area (Å²) >= 11 is 0. The lowest BCUT2D eigenvalue weighted by molar-refractivity contribution is -0.109. The van der Waals surface area contributed by atoms with Gasteiger partial charge in [-0.1, -0.05) is 84.0 Å². The van der Waals surface area contributed by atoms with Crippen LogP contribution >= 0.6 is 0 Å². The maximum absolute atomic E-state index is 11.6. The maximum Gasteiger partial charge on any atom is 0.193 e. The summed E-state index contributed by atoms with van der Waals surface area (Å²) in [6.07, 6.45) is 2.18. The van der Waals surface area contributed by atoms with Gasteiger partial charge in [0.15, 0.2) is 16.6 Å². The average molecular weight is 495 g/mol. The van der Waals surface area contributed by atoms with Crippen molar-refractivity contribution in [2.45, 2.75) is 116 Å². The number of rotatable bonds is 11. The van der Waals surface area contributed by atoms with Crippen molar-refractivity contribution in [3.8, 4) is 0 Å². The summed E-state index contributed by atoms with van der Waals surface area (Å²) in [5.41, 5.74) is 1.08. The molecular weight excluding hydrogens is 444 g/mol. The molecule has 0 heterocycles. The van der Waals surface area contributed by atoms with Gasteiger partial charge >= 0.3 is 0 Å². The molecule has 33 heavy (non-hydrogen) atoms. The fourth-order valence-corrected chi connectivity index (χ4v) is 5.06. The van der Waals surface area contributed by atoms with Crippen molar-refractivity contribution in [3.05, 3.63) is 42.0 Å². The lowest BCUT2D eigenvalue weighted by Crippen LogP contribution is -2.52. The van der Waals surface area contributed by atoms with Gasteiger partial charge in [0.25, 0.3) is 0 Å². The zero-order valence-corrected chi connectivity index (χ0v) is 25.2. The first-order chi connectivity index (χ1) is 14.9. The van der Waals surface area contributed by atoms with E-state index in [1.165, 1.54) is 0 Å². The third kappa shape index (κ3) is 9.42. The van der Waals surface area contributed by atoms with Crippen LogP contribution in [0.25, 0.3) is 6.08 Å². The van der Waals surface area contributed by atoms with E-state index in [0.29, 0.717) is 6.61 Å². The van der Waals surface area contributed by atoms with Crippen LogP contribution in [0.4, 0.5) is 0 Å². The molecule has 0 bridgehead atoms. The largest absolute Gasteiger partial charge is 0.414 e. The van der Waals surface area contributed by atoms with E-state index >= 15 is 0 Å². The summed E-state index contributed by atoms with van der Waals surface area (Å²) in [4.78, 5) is 0. The molecule has 0 aliphatic rings. The Morgan fingerprint density at radius 3 is 1.85 bits per heavy atom. The molecule has 0 saturated heterocycles. The fraction of sp³-hybridized carbons (Fsp3) is 0.704. The Morgan fingerprint density at radius 2 is 1.39 bits per heavy atom. The molecule has 0 spiro atoms. The minimum Gasteiger partial charge on any atom is -0.414 e. The van der Waals surface area contributed by atoms with Crippen molar-refractivity contribution in [3.63, 3.8) is 0 Å². The van der Waals surface area contributed by atoms with Crippen LogP contribution < -0.4 is 0 Å². The lowest BCUT2D eigenvalue weighted by atomic mass is 10.1. The molecule has 1 unspecified atom stereocenters. The first-order valence-corrected chi connectivity index (χ1v) is 18.1. The second-order valence-electron chi connectivity index (χ2n) is 12.4. The normalized spacial score (nSPS) is 16.9. The van der Waals surface area contributed by atoms with E-state index in [-0.39, 0.29) is 16.2 Å². The van der Waals surface area contributed by atoms with Gasteiger partial charge in [0.05, 0.1) is 18.8 Å². The number of aliphatic hydroxyl groups is 1. The molecule has 0 aliphatic carbocycles. The van der Waals surface area contributed by atoms with Crippen molar-refractivity contribution in [1.82, 2.24) is 0 Å². The second kappa shape index (κ2) is 11.8. The highest BCUT2D eigenvalue weighted by atomic mass is 28.4. The standard InChI is InChI=1S/C27H50O4Si2/c1-21(2)30-24(20-29-32(9,10)26(3,4)5)25(28)23(31-33(11,12)27(6,7)8)19-18-22-16-14-13-15-17-22/h13-19,21,23-25,28H,20H2,1-12H3/b19-18+/t23?,24-,25-/m0/s1. The number of hydrogen-bond acceptors (Lipinski definition) is 4. The Bertz CT molecular complexity index is 731. The molecule has 1 aromatic carbocycles. The summed E-state index contributed by atoms with van der Waals surface area (Å²) < 4.78 is 19.4.